The zero-order chi connectivity index (χ0) is 16.5. The van der Waals surface area contributed by atoms with E-state index in [0.717, 1.165) is 5.56 Å². The van der Waals surface area contributed by atoms with Gasteiger partial charge in [-0.15, -0.1) is 6.42 Å². The van der Waals surface area contributed by atoms with Gasteiger partial charge in [-0.05, 0) is 5.56 Å². The minimum atomic E-state index is -0.790. The van der Waals surface area contributed by atoms with E-state index < -0.39 is 18.3 Å². The minimum Gasteiger partial charge on any atom is -0.394 e. The first-order valence-electron chi connectivity index (χ1n) is 7.44. The molecule has 1 heterocycles. The van der Waals surface area contributed by atoms with E-state index in [1.807, 2.05) is 30.3 Å². The van der Waals surface area contributed by atoms with Crippen LogP contribution in [0.15, 0.2) is 35.5 Å². The molecule has 3 atom stereocenters. The molecular weight excluding hydrogens is 298 g/mol. The van der Waals surface area contributed by atoms with Crippen LogP contribution in [0.5, 0.6) is 0 Å². The first-order chi connectivity index (χ1) is 11.2. The van der Waals surface area contributed by atoms with Crippen LogP contribution in [-0.4, -0.2) is 54.1 Å². The fraction of sp³-hybridized carbons (Fsp3) is 0.471. The topological polar surface area (TPSA) is 80.5 Å². The van der Waals surface area contributed by atoms with Crippen LogP contribution in [0.25, 0.3) is 0 Å². The largest absolute Gasteiger partial charge is 0.394 e. The third-order valence-corrected chi connectivity index (χ3v) is 3.38. The third-order valence-electron chi connectivity index (χ3n) is 3.38. The molecule has 0 fully saturated rings. The molecule has 1 aliphatic heterocycles. The van der Waals surface area contributed by atoms with Gasteiger partial charge in [0.2, 0.25) is 0 Å². The van der Waals surface area contributed by atoms with Crippen molar-refractivity contribution in [3.63, 3.8) is 0 Å². The smallest absolute Gasteiger partial charge is 0.162 e. The molecule has 0 aliphatic carbocycles. The van der Waals surface area contributed by atoms with Crippen LogP contribution in [-0.2, 0) is 20.9 Å². The van der Waals surface area contributed by atoms with Crippen molar-refractivity contribution in [2.75, 3.05) is 19.8 Å². The molecule has 1 aromatic rings. The Labute approximate surface area is 135 Å². The van der Waals surface area contributed by atoms with Gasteiger partial charge in [0.05, 0.1) is 26.4 Å². The number of hydrogen-bond acceptors (Lipinski definition) is 6. The number of ether oxygens (including phenoxy) is 2. The van der Waals surface area contributed by atoms with Gasteiger partial charge in [-0.2, -0.15) is 0 Å². The van der Waals surface area contributed by atoms with Crippen molar-refractivity contribution >= 4 is 5.71 Å². The van der Waals surface area contributed by atoms with Crippen molar-refractivity contribution in [3.05, 3.63) is 35.9 Å². The fourth-order valence-electron chi connectivity index (χ4n) is 2.13. The quantitative estimate of drug-likeness (QED) is 0.656. The number of nitrogens with zero attached hydrogens (tertiary/aromatic N) is 1. The molecule has 23 heavy (non-hydrogen) atoms. The van der Waals surface area contributed by atoms with Gasteiger partial charge in [-0.25, -0.2) is 0 Å². The predicted octanol–water partition coefficient (Wildman–Crippen LogP) is 0.720. The number of rotatable bonds is 9. The first kappa shape index (κ1) is 17.4. The molecule has 6 nitrogen and oxygen atoms in total. The SMILES string of the molecule is C#CC1=NOC([C@@H](CO)OCC(O)COCc2ccccc2)C1. The molecule has 0 saturated heterocycles. The van der Waals surface area contributed by atoms with Gasteiger partial charge < -0.3 is 24.5 Å². The van der Waals surface area contributed by atoms with Crippen LogP contribution in [0.2, 0.25) is 0 Å². The van der Waals surface area contributed by atoms with Crippen molar-refractivity contribution in [2.24, 2.45) is 5.16 Å². The standard InChI is InChI=1S/C17H21NO5/c1-2-14-8-16(23-18-14)17(9-19)22-12-15(20)11-21-10-13-6-4-3-5-7-13/h1,3-7,15-17,19-20H,8-12H2/t15?,16?,17-/m1/s1. The Hall–Kier alpha value is -1.91. The zero-order valence-electron chi connectivity index (χ0n) is 12.8. The Balaban J connectivity index is 1.65. The maximum absolute atomic E-state index is 9.88. The van der Waals surface area contributed by atoms with Gasteiger partial charge in [0.25, 0.3) is 0 Å². The fourth-order valence-corrected chi connectivity index (χ4v) is 2.13. The number of aliphatic hydroxyl groups is 2. The lowest BCUT2D eigenvalue weighted by Crippen LogP contribution is -2.36. The van der Waals surface area contributed by atoms with E-state index in [9.17, 15) is 10.2 Å². The molecule has 0 saturated carbocycles. The van der Waals surface area contributed by atoms with Crippen LogP contribution in [0.3, 0.4) is 0 Å². The summed E-state index contributed by atoms with van der Waals surface area (Å²) in [7, 11) is 0. The van der Waals surface area contributed by atoms with Gasteiger partial charge in [-0.3, -0.25) is 0 Å². The minimum absolute atomic E-state index is 0.0330. The van der Waals surface area contributed by atoms with Crippen molar-refractivity contribution in [1.82, 2.24) is 0 Å². The van der Waals surface area contributed by atoms with E-state index in [-0.39, 0.29) is 19.8 Å². The highest BCUT2D eigenvalue weighted by molar-refractivity contribution is 6.00. The first-order valence-corrected chi connectivity index (χ1v) is 7.44. The lowest BCUT2D eigenvalue weighted by molar-refractivity contribution is -0.109. The Morgan fingerprint density at radius 3 is 2.78 bits per heavy atom. The average molecular weight is 319 g/mol. The van der Waals surface area contributed by atoms with Gasteiger partial charge in [0.15, 0.2) is 6.10 Å². The number of aliphatic hydroxyl groups excluding tert-OH is 2. The lowest BCUT2D eigenvalue weighted by Gasteiger charge is -2.21. The van der Waals surface area contributed by atoms with Crippen LogP contribution < -0.4 is 0 Å². The summed E-state index contributed by atoms with van der Waals surface area (Å²) in [6, 6.07) is 9.69. The van der Waals surface area contributed by atoms with E-state index >= 15 is 0 Å². The highest BCUT2D eigenvalue weighted by Crippen LogP contribution is 2.16. The predicted molar refractivity (Wildman–Crippen MR) is 84.7 cm³/mol. The van der Waals surface area contributed by atoms with Crippen LogP contribution in [0, 0.1) is 12.3 Å². The van der Waals surface area contributed by atoms with Crippen molar-refractivity contribution in [2.45, 2.75) is 31.3 Å². The monoisotopic (exact) mass is 319 g/mol. The Morgan fingerprint density at radius 1 is 1.35 bits per heavy atom. The summed E-state index contributed by atoms with van der Waals surface area (Å²) in [6.45, 7) is 0.359. The van der Waals surface area contributed by atoms with E-state index in [1.165, 1.54) is 0 Å². The van der Waals surface area contributed by atoms with Crippen LogP contribution in [0.1, 0.15) is 12.0 Å². The summed E-state index contributed by atoms with van der Waals surface area (Å²) in [5.41, 5.74) is 1.52. The highest BCUT2D eigenvalue weighted by Gasteiger charge is 2.30. The second kappa shape index (κ2) is 9.28. The highest BCUT2D eigenvalue weighted by atomic mass is 16.7. The summed E-state index contributed by atoms with van der Waals surface area (Å²) < 4.78 is 10.9. The lowest BCUT2D eigenvalue weighted by atomic mass is 10.1. The van der Waals surface area contributed by atoms with Gasteiger partial charge in [0, 0.05) is 6.42 Å². The van der Waals surface area contributed by atoms with Gasteiger partial charge in [0.1, 0.15) is 17.9 Å². The normalized spacial score (nSPS) is 19.5. The average Bonchev–Trinajstić information content (AvgIpc) is 3.05. The molecule has 0 bridgehead atoms. The maximum atomic E-state index is 9.88. The molecule has 124 valence electrons. The number of terminal acetylenes is 1. The van der Waals surface area contributed by atoms with Crippen molar-refractivity contribution in [3.8, 4) is 12.3 Å². The Morgan fingerprint density at radius 2 is 2.13 bits per heavy atom. The van der Waals surface area contributed by atoms with E-state index in [0.29, 0.717) is 18.7 Å². The molecule has 0 radical (unpaired) electrons. The number of hydrogen-bond donors (Lipinski definition) is 2. The van der Waals surface area contributed by atoms with Crippen molar-refractivity contribution in [1.29, 1.82) is 0 Å². The Bertz CT molecular complexity index is 540. The molecule has 1 aliphatic rings. The van der Waals surface area contributed by atoms with E-state index in [1.54, 1.807) is 0 Å². The molecule has 0 aromatic heterocycles. The molecule has 2 rings (SSSR count). The summed E-state index contributed by atoms with van der Waals surface area (Å²) in [4.78, 5) is 5.13. The molecule has 2 unspecified atom stereocenters. The second-order valence-corrected chi connectivity index (χ2v) is 5.24. The zero-order valence-corrected chi connectivity index (χ0v) is 12.8. The van der Waals surface area contributed by atoms with Crippen LogP contribution in [0.4, 0.5) is 0 Å². The maximum Gasteiger partial charge on any atom is 0.162 e. The van der Waals surface area contributed by atoms with Crippen LogP contribution >= 0.6 is 0 Å². The second-order valence-electron chi connectivity index (χ2n) is 5.24. The molecule has 2 N–H and O–H groups in total. The van der Waals surface area contributed by atoms with E-state index in [2.05, 4.69) is 11.1 Å². The molecule has 6 heteroatoms. The van der Waals surface area contributed by atoms with Gasteiger partial charge >= 0.3 is 0 Å². The summed E-state index contributed by atoms with van der Waals surface area (Å²) >= 11 is 0. The summed E-state index contributed by atoms with van der Waals surface area (Å²) in [6.07, 6.45) is 3.85. The Kier molecular flexibility index (Phi) is 7.04. The number of benzene rings is 1. The molecule has 1 aromatic carbocycles. The van der Waals surface area contributed by atoms with E-state index in [4.69, 9.17) is 20.7 Å². The molecule has 0 amide bonds. The van der Waals surface area contributed by atoms with Crippen molar-refractivity contribution < 1.29 is 24.5 Å². The number of oxime groups is 1. The summed E-state index contributed by atoms with van der Waals surface area (Å²) in [5.74, 6) is 2.40. The summed E-state index contributed by atoms with van der Waals surface area (Å²) in [5, 5.41) is 23.0. The molecule has 0 spiro atoms. The molecular formula is C17H21NO5. The van der Waals surface area contributed by atoms with Gasteiger partial charge in [-0.1, -0.05) is 41.4 Å². The third kappa shape index (κ3) is 5.66.